The molecule has 24 heavy (non-hydrogen) atoms. The van der Waals surface area contributed by atoms with Gasteiger partial charge in [-0.2, -0.15) is 0 Å². The monoisotopic (exact) mass is 327 g/mol. The van der Waals surface area contributed by atoms with E-state index >= 15 is 0 Å². The fourth-order valence-electron chi connectivity index (χ4n) is 1.99. The summed E-state index contributed by atoms with van der Waals surface area (Å²) in [5.41, 5.74) is 0.610. The fraction of sp³-hybridized carbons (Fsp3) is 0.263. The first-order valence-electron chi connectivity index (χ1n) is 7.92. The maximum atomic E-state index is 12.0. The molecule has 0 saturated heterocycles. The molecule has 0 radical (unpaired) electrons. The zero-order valence-corrected chi connectivity index (χ0v) is 13.8. The first kappa shape index (κ1) is 17.5. The van der Waals surface area contributed by atoms with Crippen LogP contribution in [0.2, 0.25) is 0 Å². The van der Waals surface area contributed by atoms with E-state index in [-0.39, 0.29) is 11.9 Å². The maximum Gasteiger partial charge on any atom is 0.306 e. The number of ether oxygens (including phenoxy) is 2. The number of carbonyl (C=O) groups excluding carboxylic acids is 2. The van der Waals surface area contributed by atoms with Gasteiger partial charge in [-0.05, 0) is 49.7 Å². The average molecular weight is 327 g/mol. The molecule has 0 unspecified atom stereocenters. The molecule has 2 aromatic rings. The summed E-state index contributed by atoms with van der Waals surface area (Å²) in [4.78, 5) is 23.4. The smallest absolute Gasteiger partial charge is 0.306 e. The predicted octanol–water partition coefficient (Wildman–Crippen LogP) is 4.15. The number of rotatable bonds is 7. The van der Waals surface area contributed by atoms with Crippen molar-refractivity contribution in [1.29, 1.82) is 0 Å². The summed E-state index contributed by atoms with van der Waals surface area (Å²) < 4.78 is 10.7. The molecule has 2 rings (SSSR count). The van der Waals surface area contributed by atoms with Gasteiger partial charge in [-0.15, -0.1) is 0 Å². The third-order valence-corrected chi connectivity index (χ3v) is 3.23. The lowest BCUT2D eigenvalue weighted by molar-refractivity contribution is -0.153. The highest BCUT2D eigenvalue weighted by Gasteiger charge is 2.17. The zero-order chi connectivity index (χ0) is 17.4. The summed E-state index contributed by atoms with van der Waals surface area (Å²) in [7, 11) is 0. The lowest BCUT2D eigenvalue weighted by atomic mass is 10.2. The Morgan fingerprint density at radius 1 is 1.00 bits per heavy atom. The molecule has 0 fully saturated rings. The van der Waals surface area contributed by atoms with Crippen LogP contribution in [0.1, 0.15) is 26.7 Å². The Bertz CT molecular complexity index is 668. The molecule has 0 spiro atoms. The van der Waals surface area contributed by atoms with Crippen molar-refractivity contribution < 1.29 is 19.1 Å². The van der Waals surface area contributed by atoms with Gasteiger partial charge in [0.25, 0.3) is 5.91 Å². The minimum atomic E-state index is -0.829. The molecule has 0 aliphatic heterocycles. The first-order valence-corrected chi connectivity index (χ1v) is 7.92. The van der Waals surface area contributed by atoms with Crippen LogP contribution in [0.3, 0.4) is 0 Å². The highest BCUT2D eigenvalue weighted by molar-refractivity contribution is 5.95. The Morgan fingerprint density at radius 2 is 1.62 bits per heavy atom. The number of amides is 1. The van der Waals surface area contributed by atoms with Gasteiger partial charge in [0.15, 0.2) is 6.10 Å². The van der Waals surface area contributed by atoms with E-state index in [1.54, 1.807) is 31.2 Å². The summed E-state index contributed by atoms with van der Waals surface area (Å²) in [6.07, 6.45) is 0.170. The van der Waals surface area contributed by atoms with E-state index in [2.05, 4.69) is 5.32 Å². The Morgan fingerprint density at radius 3 is 2.25 bits per heavy atom. The van der Waals surface area contributed by atoms with Crippen molar-refractivity contribution in [3.63, 3.8) is 0 Å². The molecule has 0 bridgehead atoms. The van der Waals surface area contributed by atoms with E-state index in [9.17, 15) is 9.59 Å². The van der Waals surface area contributed by atoms with E-state index in [0.717, 1.165) is 5.75 Å². The molecular formula is C19H21NO4. The molecule has 1 N–H and O–H groups in total. The molecule has 5 nitrogen and oxygen atoms in total. The molecule has 5 heteroatoms. The number of para-hydroxylation sites is 1. The van der Waals surface area contributed by atoms with Crippen LogP contribution < -0.4 is 10.1 Å². The van der Waals surface area contributed by atoms with Crippen LogP contribution in [-0.4, -0.2) is 18.0 Å². The van der Waals surface area contributed by atoms with Gasteiger partial charge < -0.3 is 14.8 Å². The summed E-state index contributed by atoms with van der Waals surface area (Å²) in [5.74, 6) is 0.676. The third-order valence-electron chi connectivity index (χ3n) is 3.23. The fourth-order valence-corrected chi connectivity index (χ4v) is 1.99. The number of anilines is 1. The number of hydrogen-bond acceptors (Lipinski definition) is 4. The van der Waals surface area contributed by atoms with Crippen LogP contribution in [-0.2, 0) is 14.3 Å². The van der Waals surface area contributed by atoms with Crippen LogP contribution in [0.15, 0.2) is 54.6 Å². The van der Waals surface area contributed by atoms with Crippen LogP contribution in [0, 0.1) is 0 Å². The summed E-state index contributed by atoms with van der Waals surface area (Å²) in [6, 6.07) is 16.4. The predicted molar refractivity (Wildman–Crippen MR) is 92.0 cm³/mol. The highest BCUT2D eigenvalue weighted by atomic mass is 16.5. The van der Waals surface area contributed by atoms with Crippen molar-refractivity contribution in [2.24, 2.45) is 0 Å². The van der Waals surface area contributed by atoms with Gasteiger partial charge >= 0.3 is 5.97 Å². The van der Waals surface area contributed by atoms with E-state index in [4.69, 9.17) is 9.47 Å². The molecular weight excluding hydrogens is 306 g/mol. The Hall–Kier alpha value is -2.82. The Balaban J connectivity index is 1.89. The van der Waals surface area contributed by atoms with Crippen molar-refractivity contribution in [3.05, 3.63) is 54.6 Å². The second kappa shape index (κ2) is 8.72. The molecule has 2 aromatic carbocycles. The normalized spacial score (nSPS) is 11.4. The molecule has 0 aliphatic carbocycles. The van der Waals surface area contributed by atoms with E-state index < -0.39 is 6.10 Å². The second-order valence-electron chi connectivity index (χ2n) is 5.31. The molecule has 1 amide bonds. The van der Waals surface area contributed by atoms with Crippen molar-refractivity contribution in [3.8, 4) is 11.5 Å². The summed E-state index contributed by atoms with van der Waals surface area (Å²) >= 11 is 0. The van der Waals surface area contributed by atoms with Gasteiger partial charge in [-0.1, -0.05) is 25.1 Å². The number of nitrogens with one attached hydrogen (secondary N) is 1. The second-order valence-corrected chi connectivity index (χ2v) is 5.31. The summed E-state index contributed by atoms with van der Waals surface area (Å²) in [5, 5.41) is 2.71. The van der Waals surface area contributed by atoms with Crippen LogP contribution in [0.4, 0.5) is 5.69 Å². The van der Waals surface area contributed by atoms with Gasteiger partial charge in [-0.25, -0.2) is 0 Å². The van der Waals surface area contributed by atoms with Gasteiger partial charge in [0, 0.05) is 12.1 Å². The van der Waals surface area contributed by atoms with Gasteiger partial charge in [-0.3, -0.25) is 9.59 Å². The lowest BCUT2D eigenvalue weighted by Gasteiger charge is -2.13. The first-order chi connectivity index (χ1) is 11.6. The quantitative estimate of drug-likeness (QED) is 0.776. The zero-order valence-electron chi connectivity index (χ0n) is 13.8. The molecule has 0 aromatic heterocycles. The Kier molecular flexibility index (Phi) is 6.37. The van der Waals surface area contributed by atoms with Crippen molar-refractivity contribution in [1.82, 2.24) is 0 Å². The van der Waals surface area contributed by atoms with E-state index in [1.807, 2.05) is 37.3 Å². The number of benzene rings is 2. The molecule has 0 aliphatic rings. The number of hydrogen-bond donors (Lipinski definition) is 1. The van der Waals surface area contributed by atoms with Gasteiger partial charge in [0.2, 0.25) is 0 Å². The van der Waals surface area contributed by atoms with Gasteiger partial charge in [0.05, 0.1) is 0 Å². The van der Waals surface area contributed by atoms with Crippen LogP contribution in [0.5, 0.6) is 11.5 Å². The van der Waals surface area contributed by atoms with Crippen LogP contribution >= 0.6 is 0 Å². The van der Waals surface area contributed by atoms with Crippen LogP contribution in [0.25, 0.3) is 0 Å². The summed E-state index contributed by atoms with van der Waals surface area (Å²) in [6.45, 7) is 3.43. The number of carbonyl (C=O) groups is 2. The topological polar surface area (TPSA) is 64.6 Å². The average Bonchev–Trinajstić information content (AvgIpc) is 2.57. The van der Waals surface area contributed by atoms with Gasteiger partial charge in [0.1, 0.15) is 11.5 Å². The molecule has 0 heterocycles. The largest absolute Gasteiger partial charge is 0.457 e. The highest BCUT2D eigenvalue weighted by Crippen LogP contribution is 2.22. The van der Waals surface area contributed by atoms with Crippen molar-refractivity contribution in [2.45, 2.75) is 32.8 Å². The van der Waals surface area contributed by atoms with E-state index in [1.165, 1.54) is 0 Å². The molecule has 0 saturated carbocycles. The minimum absolute atomic E-state index is 0.309. The third kappa shape index (κ3) is 5.43. The Labute approximate surface area is 141 Å². The standard InChI is InChI=1S/C19H21NO4/c1-3-7-18(21)23-14(2)19(22)20-15-10-12-17(13-11-15)24-16-8-5-4-6-9-16/h4-6,8-14H,3,7H2,1-2H3,(H,20,22)/t14-/m0/s1. The number of esters is 1. The molecule has 1 atom stereocenters. The van der Waals surface area contributed by atoms with Crippen molar-refractivity contribution in [2.75, 3.05) is 5.32 Å². The minimum Gasteiger partial charge on any atom is -0.457 e. The maximum absolute atomic E-state index is 12.0. The van der Waals surface area contributed by atoms with Crippen molar-refractivity contribution >= 4 is 17.6 Å². The SMILES string of the molecule is CCCC(=O)O[C@@H](C)C(=O)Nc1ccc(Oc2ccccc2)cc1. The van der Waals surface area contributed by atoms with E-state index in [0.29, 0.717) is 24.3 Å². The molecule has 126 valence electrons. The lowest BCUT2D eigenvalue weighted by Crippen LogP contribution is -2.29.